The van der Waals surface area contributed by atoms with Crippen molar-refractivity contribution in [2.45, 2.75) is 32.1 Å². The molecule has 0 saturated carbocycles. The monoisotopic (exact) mass is 301 g/mol. The molecule has 1 aliphatic rings. The fourth-order valence-electron chi connectivity index (χ4n) is 2.86. The predicted molar refractivity (Wildman–Crippen MR) is 91.0 cm³/mol. The molecule has 1 fully saturated rings. The van der Waals surface area contributed by atoms with Crippen molar-refractivity contribution in [2.24, 2.45) is 5.73 Å². The van der Waals surface area contributed by atoms with Crippen LogP contribution in [0.3, 0.4) is 0 Å². The molecule has 4 heteroatoms. The highest BCUT2D eigenvalue weighted by Crippen LogP contribution is 2.34. The summed E-state index contributed by atoms with van der Waals surface area (Å²) in [7, 11) is 0. The van der Waals surface area contributed by atoms with Crippen LogP contribution in [-0.2, 0) is 6.42 Å². The number of anilines is 1. The summed E-state index contributed by atoms with van der Waals surface area (Å²) >= 11 is 1.83. The van der Waals surface area contributed by atoms with E-state index in [0.29, 0.717) is 6.54 Å². The molecule has 21 heavy (non-hydrogen) atoms. The number of hydrogen-bond donors (Lipinski definition) is 1. The van der Waals surface area contributed by atoms with Gasteiger partial charge in [-0.15, -0.1) is 11.3 Å². The minimum absolute atomic E-state index is 0.682. The topological polar surface area (TPSA) is 42.1 Å². The first-order valence-corrected chi connectivity index (χ1v) is 8.70. The average Bonchev–Trinajstić information content (AvgIpc) is 2.75. The number of aromatic nitrogens is 1. The Kier molecular flexibility index (Phi) is 4.88. The zero-order chi connectivity index (χ0) is 14.5. The molecule has 0 unspecified atom stereocenters. The molecule has 1 aliphatic heterocycles. The van der Waals surface area contributed by atoms with Gasteiger partial charge in [-0.1, -0.05) is 43.2 Å². The molecule has 2 N–H and O–H groups in total. The van der Waals surface area contributed by atoms with E-state index in [0.717, 1.165) is 25.2 Å². The Hall–Kier alpha value is -1.39. The summed E-state index contributed by atoms with van der Waals surface area (Å²) in [5.41, 5.74) is 8.12. The summed E-state index contributed by atoms with van der Waals surface area (Å²) in [5, 5.41) is 1.18. The van der Waals surface area contributed by atoms with E-state index in [2.05, 4.69) is 29.2 Å². The number of nitrogens with two attached hydrogens (primary N) is 1. The Bertz CT molecular complexity index is 557. The maximum atomic E-state index is 5.79. The quantitative estimate of drug-likeness (QED) is 0.936. The van der Waals surface area contributed by atoms with Crippen LogP contribution < -0.4 is 10.6 Å². The van der Waals surface area contributed by atoms with E-state index in [1.165, 1.54) is 41.3 Å². The van der Waals surface area contributed by atoms with Gasteiger partial charge in [-0.2, -0.15) is 0 Å². The van der Waals surface area contributed by atoms with E-state index in [9.17, 15) is 0 Å². The molecule has 3 nitrogen and oxygen atoms in total. The molecule has 1 aromatic heterocycles. The zero-order valence-corrected chi connectivity index (χ0v) is 13.2. The Morgan fingerprint density at radius 2 is 1.76 bits per heavy atom. The average molecular weight is 301 g/mol. The van der Waals surface area contributed by atoms with Gasteiger partial charge in [0.15, 0.2) is 5.13 Å². The normalized spacial score (nSPS) is 16.0. The molecular weight excluding hydrogens is 278 g/mol. The molecule has 1 aromatic carbocycles. The molecule has 0 radical (unpaired) electrons. The molecule has 2 aromatic rings. The minimum atomic E-state index is 0.682. The lowest BCUT2D eigenvalue weighted by molar-refractivity contribution is 0.726. The van der Waals surface area contributed by atoms with Crippen molar-refractivity contribution in [1.82, 2.24) is 4.98 Å². The second-order valence-electron chi connectivity index (χ2n) is 5.57. The third-order valence-corrected chi connectivity index (χ3v) is 5.16. The van der Waals surface area contributed by atoms with Gasteiger partial charge in [0.05, 0.1) is 5.69 Å². The van der Waals surface area contributed by atoms with Crippen LogP contribution in [0.15, 0.2) is 30.3 Å². The zero-order valence-electron chi connectivity index (χ0n) is 12.4. The maximum Gasteiger partial charge on any atom is 0.186 e. The first kappa shape index (κ1) is 14.5. The summed E-state index contributed by atoms with van der Waals surface area (Å²) in [6.07, 6.45) is 6.18. The lowest BCUT2D eigenvalue weighted by Gasteiger charge is -2.18. The minimum Gasteiger partial charge on any atom is -0.348 e. The smallest absolute Gasteiger partial charge is 0.186 e. The lowest BCUT2D eigenvalue weighted by Crippen LogP contribution is -2.23. The molecule has 2 heterocycles. The Morgan fingerprint density at radius 3 is 2.43 bits per heavy atom. The van der Waals surface area contributed by atoms with Crippen LogP contribution in [0.25, 0.3) is 11.3 Å². The second kappa shape index (κ2) is 7.05. The number of nitrogens with zero attached hydrogens (tertiary/aromatic N) is 2. The standard InChI is InChI=1S/C17H23N3S/c18-11-10-15-16(14-8-4-3-5-9-14)19-17(21-15)20-12-6-1-2-7-13-20/h3-5,8-9H,1-2,6-7,10-13,18H2. The van der Waals surface area contributed by atoms with Gasteiger partial charge < -0.3 is 10.6 Å². The third-order valence-electron chi connectivity index (χ3n) is 3.98. The van der Waals surface area contributed by atoms with E-state index >= 15 is 0 Å². The van der Waals surface area contributed by atoms with Crippen molar-refractivity contribution >= 4 is 16.5 Å². The summed E-state index contributed by atoms with van der Waals surface area (Å²) < 4.78 is 0. The summed E-state index contributed by atoms with van der Waals surface area (Å²) in [6, 6.07) is 10.5. The fraction of sp³-hybridized carbons (Fsp3) is 0.471. The number of thiazole rings is 1. The van der Waals surface area contributed by atoms with Crippen molar-refractivity contribution in [1.29, 1.82) is 0 Å². The van der Waals surface area contributed by atoms with E-state index in [4.69, 9.17) is 10.7 Å². The first-order valence-electron chi connectivity index (χ1n) is 7.88. The van der Waals surface area contributed by atoms with Gasteiger partial charge in [-0.05, 0) is 25.8 Å². The highest BCUT2D eigenvalue weighted by atomic mass is 32.1. The van der Waals surface area contributed by atoms with Crippen molar-refractivity contribution in [3.05, 3.63) is 35.2 Å². The molecule has 0 bridgehead atoms. The maximum absolute atomic E-state index is 5.79. The summed E-state index contributed by atoms with van der Waals surface area (Å²) in [5.74, 6) is 0. The van der Waals surface area contributed by atoms with E-state index in [1.54, 1.807) is 0 Å². The second-order valence-corrected chi connectivity index (χ2v) is 6.64. The highest BCUT2D eigenvalue weighted by molar-refractivity contribution is 7.16. The van der Waals surface area contributed by atoms with Crippen LogP contribution in [0, 0.1) is 0 Å². The van der Waals surface area contributed by atoms with Gasteiger partial charge in [0.25, 0.3) is 0 Å². The first-order chi connectivity index (χ1) is 10.4. The van der Waals surface area contributed by atoms with Gasteiger partial charge in [0.2, 0.25) is 0 Å². The van der Waals surface area contributed by atoms with Gasteiger partial charge >= 0.3 is 0 Å². The Morgan fingerprint density at radius 1 is 1.05 bits per heavy atom. The van der Waals surface area contributed by atoms with E-state index < -0.39 is 0 Å². The van der Waals surface area contributed by atoms with Gasteiger partial charge in [0.1, 0.15) is 0 Å². The van der Waals surface area contributed by atoms with Gasteiger partial charge in [-0.25, -0.2) is 4.98 Å². The molecule has 3 rings (SSSR count). The third kappa shape index (κ3) is 3.44. The van der Waals surface area contributed by atoms with Gasteiger partial charge in [0, 0.05) is 23.5 Å². The lowest BCUT2D eigenvalue weighted by atomic mass is 10.1. The Balaban J connectivity index is 1.92. The van der Waals surface area contributed by atoms with Crippen LogP contribution in [-0.4, -0.2) is 24.6 Å². The highest BCUT2D eigenvalue weighted by Gasteiger charge is 2.18. The largest absolute Gasteiger partial charge is 0.348 e. The summed E-state index contributed by atoms with van der Waals surface area (Å²) in [6.45, 7) is 2.97. The fourth-order valence-corrected chi connectivity index (χ4v) is 4.01. The van der Waals surface area contributed by atoms with E-state index in [1.807, 2.05) is 17.4 Å². The molecule has 0 atom stereocenters. The molecule has 0 aliphatic carbocycles. The number of rotatable bonds is 4. The Labute approximate surface area is 130 Å². The van der Waals surface area contributed by atoms with Crippen molar-refractivity contribution in [2.75, 3.05) is 24.5 Å². The van der Waals surface area contributed by atoms with Crippen LogP contribution in [0.2, 0.25) is 0 Å². The van der Waals surface area contributed by atoms with E-state index in [-0.39, 0.29) is 0 Å². The van der Waals surface area contributed by atoms with Crippen molar-refractivity contribution < 1.29 is 0 Å². The molecular formula is C17H23N3S. The predicted octanol–water partition coefficient (Wildman–Crippen LogP) is 3.69. The van der Waals surface area contributed by atoms with Crippen LogP contribution in [0.1, 0.15) is 30.6 Å². The van der Waals surface area contributed by atoms with Gasteiger partial charge in [-0.3, -0.25) is 0 Å². The van der Waals surface area contributed by atoms with Crippen molar-refractivity contribution in [3.63, 3.8) is 0 Å². The number of hydrogen-bond acceptors (Lipinski definition) is 4. The molecule has 0 spiro atoms. The van der Waals surface area contributed by atoms with Crippen LogP contribution >= 0.6 is 11.3 Å². The summed E-state index contributed by atoms with van der Waals surface area (Å²) in [4.78, 5) is 8.74. The SMILES string of the molecule is NCCc1sc(N2CCCCCC2)nc1-c1ccccc1. The molecule has 0 amide bonds. The number of benzene rings is 1. The van der Waals surface area contributed by atoms with Crippen LogP contribution in [0.4, 0.5) is 5.13 Å². The van der Waals surface area contributed by atoms with Crippen molar-refractivity contribution in [3.8, 4) is 11.3 Å². The van der Waals surface area contributed by atoms with Crippen LogP contribution in [0.5, 0.6) is 0 Å². The molecule has 1 saturated heterocycles. The molecule has 112 valence electrons.